The van der Waals surface area contributed by atoms with Gasteiger partial charge in [0, 0.05) is 5.56 Å². The number of hydrogen-bond donors (Lipinski definition) is 0. The predicted octanol–water partition coefficient (Wildman–Crippen LogP) is 3.33. The highest BCUT2D eigenvalue weighted by Gasteiger charge is 2.16. The Kier molecular flexibility index (Phi) is 3.62. The van der Waals surface area contributed by atoms with E-state index in [0.717, 1.165) is 0 Å². The Morgan fingerprint density at radius 3 is 2.56 bits per heavy atom. The maximum absolute atomic E-state index is 11.2. The molecule has 0 heterocycles. The highest BCUT2D eigenvalue weighted by Crippen LogP contribution is 2.25. The summed E-state index contributed by atoms with van der Waals surface area (Å²) in [5, 5.41) is 0.373. The van der Waals surface area contributed by atoms with Gasteiger partial charge in [0.25, 0.3) is 0 Å². The molecule has 1 rings (SSSR count). The molecule has 1 aromatic carbocycles. The van der Waals surface area contributed by atoms with Crippen LogP contribution in [0, 0.1) is 12.3 Å². The SMILES string of the molecule is C#CC(C)(C)Oc1ccc(C(C)=O)c(Cl)c1. The fourth-order valence-corrected chi connectivity index (χ4v) is 1.47. The van der Waals surface area contributed by atoms with Gasteiger partial charge in [-0.05, 0) is 39.0 Å². The molecular formula is C13H13ClO2. The summed E-state index contributed by atoms with van der Waals surface area (Å²) >= 11 is 5.94. The Morgan fingerprint density at radius 2 is 2.12 bits per heavy atom. The summed E-state index contributed by atoms with van der Waals surface area (Å²) in [5.41, 5.74) is -0.214. The number of halogens is 1. The summed E-state index contributed by atoms with van der Waals surface area (Å²) in [7, 11) is 0. The molecule has 0 radical (unpaired) electrons. The molecule has 1 aromatic rings. The number of terminal acetylenes is 1. The molecule has 0 saturated carbocycles. The molecule has 0 aliphatic heterocycles. The van der Waals surface area contributed by atoms with Gasteiger partial charge < -0.3 is 4.74 Å². The summed E-state index contributed by atoms with van der Waals surface area (Å²) < 4.78 is 5.53. The lowest BCUT2D eigenvalue weighted by Gasteiger charge is -2.20. The number of carbonyl (C=O) groups excluding carboxylic acids is 1. The van der Waals surface area contributed by atoms with Crippen molar-refractivity contribution >= 4 is 17.4 Å². The summed E-state index contributed by atoms with van der Waals surface area (Å²) in [6, 6.07) is 4.91. The normalized spacial score (nSPS) is 10.7. The average Bonchev–Trinajstić information content (AvgIpc) is 2.16. The first-order valence-corrected chi connectivity index (χ1v) is 5.21. The van der Waals surface area contributed by atoms with Crippen LogP contribution < -0.4 is 4.74 Å². The molecule has 0 unspecified atom stereocenters. The standard InChI is InChI=1S/C13H13ClO2/c1-5-13(3,4)16-10-6-7-11(9(2)15)12(14)8-10/h1,6-8H,2-4H3. The van der Waals surface area contributed by atoms with Crippen LogP contribution in [-0.2, 0) is 0 Å². The number of carbonyl (C=O) groups is 1. The van der Waals surface area contributed by atoms with Crippen LogP contribution in [0.4, 0.5) is 0 Å². The number of Topliss-reactive ketones (excluding diaryl/α,β-unsaturated/α-hetero) is 1. The maximum Gasteiger partial charge on any atom is 0.163 e. The van der Waals surface area contributed by atoms with E-state index in [1.54, 1.807) is 32.0 Å². The van der Waals surface area contributed by atoms with Crippen LogP contribution in [0.2, 0.25) is 5.02 Å². The van der Waals surface area contributed by atoms with Gasteiger partial charge in [-0.1, -0.05) is 17.5 Å². The smallest absolute Gasteiger partial charge is 0.163 e. The summed E-state index contributed by atoms with van der Waals surface area (Å²) in [6.07, 6.45) is 5.31. The van der Waals surface area contributed by atoms with Crippen molar-refractivity contribution in [1.29, 1.82) is 0 Å². The number of hydrogen-bond acceptors (Lipinski definition) is 2. The fraction of sp³-hybridized carbons (Fsp3) is 0.308. The Balaban J connectivity index is 2.99. The third kappa shape index (κ3) is 3.01. The van der Waals surface area contributed by atoms with Gasteiger partial charge in [-0.25, -0.2) is 0 Å². The minimum absolute atomic E-state index is 0.0761. The average molecular weight is 237 g/mol. The lowest BCUT2D eigenvalue weighted by atomic mass is 10.1. The van der Waals surface area contributed by atoms with Gasteiger partial charge in [-0.15, -0.1) is 6.42 Å². The van der Waals surface area contributed by atoms with Crippen molar-refractivity contribution in [3.63, 3.8) is 0 Å². The zero-order chi connectivity index (χ0) is 12.3. The molecule has 0 bridgehead atoms. The van der Waals surface area contributed by atoms with E-state index in [2.05, 4.69) is 5.92 Å². The van der Waals surface area contributed by atoms with Gasteiger partial charge in [0.2, 0.25) is 0 Å². The van der Waals surface area contributed by atoms with E-state index in [0.29, 0.717) is 16.3 Å². The molecule has 0 atom stereocenters. The van der Waals surface area contributed by atoms with E-state index in [-0.39, 0.29) is 5.78 Å². The molecule has 16 heavy (non-hydrogen) atoms. The summed E-state index contributed by atoms with van der Waals surface area (Å²) in [4.78, 5) is 11.2. The molecule has 0 aliphatic rings. The first kappa shape index (κ1) is 12.6. The van der Waals surface area contributed by atoms with E-state index in [4.69, 9.17) is 22.8 Å². The molecule has 0 aliphatic carbocycles. The maximum atomic E-state index is 11.2. The van der Waals surface area contributed by atoms with Crippen LogP contribution in [0.3, 0.4) is 0 Å². The Hall–Kier alpha value is -1.46. The molecule has 0 N–H and O–H groups in total. The Morgan fingerprint density at radius 1 is 1.50 bits per heavy atom. The number of ether oxygens (including phenoxy) is 1. The molecule has 0 amide bonds. The molecular weight excluding hydrogens is 224 g/mol. The van der Waals surface area contributed by atoms with Crippen molar-refractivity contribution in [2.75, 3.05) is 0 Å². The molecule has 0 aromatic heterocycles. The summed E-state index contributed by atoms with van der Waals surface area (Å²) in [5.74, 6) is 2.99. The van der Waals surface area contributed by atoms with Crippen LogP contribution in [-0.4, -0.2) is 11.4 Å². The zero-order valence-corrected chi connectivity index (χ0v) is 10.3. The van der Waals surface area contributed by atoms with Gasteiger partial charge in [-0.2, -0.15) is 0 Å². The second kappa shape index (κ2) is 4.59. The third-order valence-electron chi connectivity index (χ3n) is 2.04. The van der Waals surface area contributed by atoms with Crippen molar-refractivity contribution in [2.45, 2.75) is 26.4 Å². The Bertz CT molecular complexity index is 455. The molecule has 84 valence electrons. The van der Waals surface area contributed by atoms with Gasteiger partial charge >= 0.3 is 0 Å². The van der Waals surface area contributed by atoms with Crippen molar-refractivity contribution < 1.29 is 9.53 Å². The Labute approximate surface area is 101 Å². The van der Waals surface area contributed by atoms with Gasteiger partial charge in [0.05, 0.1) is 5.02 Å². The van der Waals surface area contributed by atoms with Crippen molar-refractivity contribution in [2.24, 2.45) is 0 Å². The quantitative estimate of drug-likeness (QED) is 0.594. The predicted molar refractivity (Wildman–Crippen MR) is 65.0 cm³/mol. The number of rotatable bonds is 3. The second-order valence-corrected chi connectivity index (χ2v) is 4.36. The van der Waals surface area contributed by atoms with Crippen LogP contribution in [0.25, 0.3) is 0 Å². The third-order valence-corrected chi connectivity index (χ3v) is 2.35. The molecule has 0 spiro atoms. The van der Waals surface area contributed by atoms with E-state index in [1.165, 1.54) is 6.92 Å². The summed E-state index contributed by atoms with van der Waals surface area (Å²) in [6.45, 7) is 5.02. The van der Waals surface area contributed by atoms with Crippen LogP contribution >= 0.6 is 11.6 Å². The highest BCUT2D eigenvalue weighted by molar-refractivity contribution is 6.34. The van der Waals surface area contributed by atoms with E-state index in [9.17, 15) is 4.79 Å². The number of benzene rings is 1. The molecule has 2 nitrogen and oxygen atoms in total. The van der Waals surface area contributed by atoms with Gasteiger partial charge in [0.1, 0.15) is 5.75 Å². The van der Waals surface area contributed by atoms with Gasteiger partial charge in [-0.3, -0.25) is 4.79 Å². The van der Waals surface area contributed by atoms with Crippen molar-refractivity contribution in [1.82, 2.24) is 0 Å². The molecule has 3 heteroatoms. The van der Waals surface area contributed by atoms with Crippen molar-refractivity contribution in [3.8, 4) is 18.1 Å². The first-order valence-electron chi connectivity index (χ1n) is 4.83. The van der Waals surface area contributed by atoms with Crippen LogP contribution in [0.15, 0.2) is 18.2 Å². The van der Waals surface area contributed by atoms with Gasteiger partial charge in [0.15, 0.2) is 11.4 Å². The molecule has 0 fully saturated rings. The minimum Gasteiger partial charge on any atom is -0.475 e. The lowest BCUT2D eigenvalue weighted by Crippen LogP contribution is -2.25. The number of ketones is 1. The largest absolute Gasteiger partial charge is 0.475 e. The monoisotopic (exact) mass is 236 g/mol. The minimum atomic E-state index is -0.693. The van der Waals surface area contributed by atoms with Crippen LogP contribution in [0.5, 0.6) is 5.75 Å². The van der Waals surface area contributed by atoms with E-state index < -0.39 is 5.60 Å². The van der Waals surface area contributed by atoms with E-state index in [1.807, 2.05) is 0 Å². The fourth-order valence-electron chi connectivity index (χ4n) is 1.17. The second-order valence-electron chi connectivity index (χ2n) is 3.95. The van der Waals surface area contributed by atoms with Crippen molar-refractivity contribution in [3.05, 3.63) is 28.8 Å². The topological polar surface area (TPSA) is 26.3 Å². The van der Waals surface area contributed by atoms with E-state index >= 15 is 0 Å². The van der Waals surface area contributed by atoms with Crippen LogP contribution in [0.1, 0.15) is 31.1 Å². The first-order chi connectivity index (χ1) is 7.35. The highest BCUT2D eigenvalue weighted by atomic mass is 35.5. The molecule has 0 saturated heterocycles. The zero-order valence-electron chi connectivity index (χ0n) is 9.50. The lowest BCUT2D eigenvalue weighted by molar-refractivity contribution is 0.101.